The van der Waals surface area contributed by atoms with Crippen LogP contribution < -0.4 is 0 Å². The van der Waals surface area contributed by atoms with Crippen LogP contribution in [0.5, 0.6) is 0 Å². The highest BCUT2D eigenvalue weighted by molar-refractivity contribution is 5.96. The first-order valence-corrected chi connectivity index (χ1v) is 5.13. The van der Waals surface area contributed by atoms with E-state index in [1.165, 1.54) is 13.8 Å². The van der Waals surface area contributed by atoms with Crippen molar-refractivity contribution >= 4 is 11.9 Å². The lowest BCUT2D eigenvalue weighted by Crippen LogP contribution is -2.47. The van der Waals surface area contributed by atoms with Gasteiger partial charge in [-0.3, -0.25) is 9.59 Å². The Kier molecular flexibility index (Phi) is 2.86. The maximum absolute atomic E-state index is 11.6. The molecule has 0 aromatic carbocycles. The van der Waals surface area contributed by atoms with E-state index in [1.54, 1.807) is 0 Å². The van der Waals surface area contributed by atoms with Crippen LogP contribution in [0.4, 0.5) is 0 Å². The number of hydrogen-bond acceptors (Lipinski definition) is 6. The van der Waals surface area contributed by atoms with Crippen molar-refractivity contribution in [1.29, 1.82) is 0 Å². The fourth-order valence-electron chi connectivity index (χ4n) is 1.71. The van der Waals surface area contributed by atoms with Gasteiger partial charge in [-0.15, -0.1) is 0 Å². The second kappa shape index (κ2) is 4.03. The lowest BCUT2D eigenvalue weighted by atomic mass is 10.0. The van der Waals surface area contributed by atoms with E-state index < -0.39 is 23.6 Å². The monoisotopic (exact) mass is 230 g/mol. The second-order valence-electron chi connectivity index (χ2n) is 4.31. The lowest BCUT2D eigenvalue weighted by molar-refractivity contribution is -0.241. The number of hydrogen-bond donors (Lipinski definition) is 0. The molecule has 0 radical (unpaired) electrons. The minimum Gasteiger partial charge on any atom is -0.422 e. The number of ether oxygens (including phenoxy) is 4. The Morgan fingerprint density at radius 2 is 1.88 bits per heavy atom. The van der Waals surface area contributed by atoms with Crippen molar-refractivity contribution in [3.8, 4) is 0 Å². The summed E-state index contributed by atoms with van der Waals surface area (Å²) < 4.78 is 20.1. The summed E-state index contributed by atoms with van der Waals surface area (Å²) in [5, 5.41) is 0. The molecule has 90 valence electrons. The van der Waals surface area contributed by atoms with Crippen molar-refractivity contribution < 1.29 is 28.5 Å². The first kappa shape index (κ1) is 11.3. The van der Waals surface area contributed by atoms with Crippen LogP contribution in [0.1, 0.15) is 20.3 Å². The highest BCUT2D eigenvalue weighted by Crippen LogP contribution is 2.27. The van der Waals surface area contributed by atoms with Gasteiger partial charge in [-0.1, -0.05) is 0 Å². The summed E-state index contributed by atoms with van der Waals surface area (Å²) in [6, 6.07) is 0. The predicted molar refractivity (Wildman–Crippen MR) is 50.1 cm³/mol. The Balaban J connectivity index is 1.99. The average Bonchev–Trinajstić information content (AvgIpc) is 2.62. The third-order valence-corrected chi connectivity index (χ3v) is 2.45. The molecule has 0 saturated carbocycles. The second-order valence-corrected chi connectivity index (χ2v) is 4.31. The van der Waals surface area contributed by atoms with Crippen molar-refractivity contribution in [3.05, 3.63) is 0 Å². The van der Waals surface area contributed by atoms with Gasteiger partial charge in [0, 0.05) is 13.8 Å². The summed E-state index contributed by atoms with van der Waals surface area (Å²) in [5.41, 5.74) is 0. The molecule has 0 aromatic rings. The predicted octanol–water partition coefficient (Wildman–Crippen LogP) is 0.202. The fourth-order valence-corrected chi connectivity index (χ4v) is 1.71. The van der Waals surface area contributed by atoms with Gasteiger partial charge in [0.25, 0.3) is 5.79 Å². The van der Waals surface area contributed by atoms with Gasteiger partial charge >= 0.3 is 11.9 Å². The number of rotatable bonds is 2. The molecule has 2 heterocycles. The van der Waals surface area contributed by atoms with Gasteiger partial charge in [-0.05, 0) is 6.42 Å². The minimum atomic E-state index is -1.17. The van der Waals surface area contributed by atoms with Crippen LogP contribution in [0.25, 0.3) is 0 Å². The number of cyclic esters (lactones) is 2. The highest BCUT2D eigenvalue weighted by Gasteiger charge is 2.44. The van der Waals surface area contributed by atoms with E-state index >= 15 is 0 Å². The zero-order chi connectivity index (χ0) is 11.8. The minimum absolute atomic E-state index is 0.201. The summed E-state index contributed by atoms with van der Waals surface area (Å²) >= 11 is 0. The van der Waals surface area contributed by atoms with Gasteiger partial charge in [0.1, 0.15) is 6.79 Å². The van der Waals surface area contributed by atoms with Gasteiger partial charge in [0.2, 0.25) is 0 Å². The van der Waals surface area contributed by atoms with Crippen LogP contribution in [0.15, 0.2) is 0 Å². The van der Waals surface area contributed by atoms with E-state index in [1.807, 2.05) is 0 Å². The molecule has 0 N–H and O–H groups in total. The van der Waals surface area contributed by atoms with Crippen LogP contribution in [-0.4, -0.2) is 37.2 Å². The Labute approximate surface area is 92.8 Å². The molecule has 0 bridgehead atoms. The van der Waals surface area contributed by atoms with E-state index in [-0.39, 0.29) is 19.3 Å². The summed E-state index contributed by atoms with van der Waals surface area (Å²) in [5.74, 6) is -3.19. The molecule has 2 saturated heterocycles. The van der Waals surface area contributed by atoms with E-state index in [2.05, 4.69) is 0 Å². The topological polar surface area (TPSA) is 71.1 Å². The molecule has 1 unspecified atom stereocenters. The Hall–Kier alpha value is -1.14. The average molecular weight is 230 g/mol. The van der Waals surface area contributed by atoms with Gasteiger partial charge in [0.05, 0.1) is 12.7 Å². The third-order valence-electron chi connectivity index (χ3n) is 2.45. The normalized spacial score (nSPS) is 30.0. The van der Waals surface area contributed by atoms with E-state index in [4.69, 9.17) is 18.9 Å². The van der Waals surface area contributed by atoms with Crippen molar-refractivity contribution in [2.45, 2.75) is 32.2 Å². The first-order valence-electron chi connectivity index (χ1n) is 5.13. The van der Waals surface area contributed by atoms with Crippen molar-refractivity contribution in [3.63, 3.8) is 0 Å². The van der Waals surface area contributed by atoms with Crippen LogP contribution in [0.3, 0.4) is 0 Å². The summed E-state index contributed by atoms with van der Waals surface area (Å²) in [6.07, 6.45) is -0.000359. The third kappa shape index (κ3) is 2.33. The number of esters is 2. The first-order chi connectivity index (χ1) is 7.48. The molecular formula is C10H14O6. The zero-order valence-electron chi connectivity index (χ0n) is 9.23. The smallest absolute Gasteiger partial charge is 0.323 e. The van der Waals surface area contributed by atoms with Crippen molar-refractivity contribution in [2.75, 3.05) is 13.4 Å². The molecule has 6 nitrogen and oxygen atoms in total. The van der Waals surface area contributed by atoms with Crippen LogP contribution in [-0.2, 0) is 28.5 Å². The Bertz CT molecular complexity index is 284. The molecule has 0 aromatic heterocycles. The molecular weight excluding hydrogens is 216 g/mol. The molecule has 0 amide bonds. The zero-order valence-corrected chi connectivity index (χ0v) is 9.23. The van der Waals surface area contributed by atoms with Crippen LogP contribution in [0, 0.1) is 5.92 Å². The van der Waals surface area contributed by atoms with Gasteiger partial charge in [-0.2, -0.15) is 0 Å². The molecule has 2 aliphatic heterocycles. The maximum atomic E-state index is 11.6. The molecule has 16 heavy (non-hydrogen) atoms. The van der Waals surface area contributed by atoms with E-state index in [0.29, 0.717) is 6.61 Å². The standard InChI is InChI=1S/C10H14O6/c1-10(2)15-8(11)7(9(12)16-10)3-6-4-13-5-14-6/h6-7H,3-5H2,1-2H3. The van der Waals surface area contributed by atoms with Crippen LogP contribution >= 0.6 is 0 Å². The summed E-state index contributed by atoms with van der Waals surface area (Å²) in [6.45, 7) is 3.63. The maximum Gasteiger partial charge on any atom is 0.323 e. The summed E-state index contributed by atoms with van der Waals surface area (Å²) in [7, 11) is 0. The van der Waals surface area contributed by atoms with Crippen LogP contribution in [0.2, 0.25) is 0 Å². The highest BCUT2D eigenvalue weighted by atomic mass is 16.7. The SMILES string of the molecule is CC1(C)OC(=O)C(CC2COCO2)C(=O)O1. The lowest BCUT2D eigenvalue weighted by Gasteiger charge is -2.33. The van der Waals surface area contributed by atoms with Gasteiger partial charge in [-0.25, -0.2) is 0 Å². The Morgan fingerprint density at radius 1 is 1.25 bits per heavy atom. The van der Waals surface area contributed by atoms with Gasteiger partial charge in [0.15, 0.2) is 5.92 Å². The van der Waals surface area contributed by atoms with E-state index in [9.17, 15) is 9.59 Å². The largest absolute Gasteiger partial charge is 0.422 e. The molecule has 2 fully saturated rings. The van der Waals surface area contributed by atoms with E-state index in [0.717, 1.165) is 0 Å². The molecule has 1 atom stereocenters. The van der Waals surface area contributed by atoms with Gasteiger partial charge < -0.3 is 18.9 Å². The van der Waals surface area contributed by atoms with Crippen molar-refractivity contribution in [1.82, 2.24) is 0 Å². The van der Waals surface area contributed by atoms with Crippen molar-refractivity contribution in [2.24, 2.45) is 5.92 Å². The molecule has 0 aliphatic carbocycles. The molecule has 0 spiro atoms. The number of carbonyl (C=O) groups excluding carboxylic acids is 2. The Morgan fingerprint density at radius 3 is 2.38 bits per heavy atom. The quantitative estimate of drug-likeness (QED) is 0.498. The fraction of sp³-hybridized carbons (Fsp3) is 0.800. The molecule has 6 heteroatoms. The molecule has 2 aliphatic rings. The number of carbonyl (C=O) groups is 2. The molecule has 2 rings (SSSR count). The summed E-state index contributed by atoms with van der Waals surface area (Å²) in [4.78, 5) is 23.2.